The van der Waals surface area contributed by atoms with Crippen LogP contribution in [0.15, 0.2) is 60.7 Å². The Morgan fingerprint density at radius 2 is 1.60 bits per heavy atom. The molecule has 0 radical (unpaired) electrons. The third-order valence-electron chi connectivity index (χ3n) is 3.29. The van der Waals surface area contributed by atoms with Gasteiger partial charge in [-0.05, 0) is 24.5 Å². The monoisotopic (exact) mass is 268 g/mol. The molecule has 20 heavy (non-hydrogen) atoms. The summed E-state index contributed by atoms with van der Waals surface area (Å²) in [7, 11) is 0. The fraction of sp³-hybridized carbons (Fsp3) is 0.235. The highest BCUT2D eigenvalue weighted by Crippen LogP contribution is 2.11. The van der Waals surface area contributed by atoms with Gasteiger partial charge in [0.05, 0.1) is 12.1 Å². The van der Waals surface area contributed by atoms with E-state index in [-0.39, 0.29) is 11.9 Å². The Hall–Kier alpha value is -2.13. The lowest BCUT2D eigenvalue weighted by atomic mass is 10.0. The van der Waals surface area contributed by atoms with Gasteiger partial charge in [-0.15, -0.1) is 0 Å². The van der Waals surface area contributed by atoms with Crippen LogP contribution < -0.4 is 11.1 Å². The summed E-state index contributed by atoms with van der Waals surface area (Å²) < 4.78 is 0. The van der Waals surface area contributed by atoms with Crippen LogP contribution in [0.4, 0.5) is 0 Å². The molecule has 0 heterocycles. The number of carbonyl (C=O) groups is 1. The molecule has 104 valence electrons. The Balaban J connectivity index is 1.91. The summed E-state index contributed by atoms with van der Waals surface area (Å²) in [5.41, 5.74) is 8.11. The van der Waals surface area contributed by atoms with Crippen molar-refractivity contribution in [1.82, 2.24) is 5.32 Å². The fourth-order valence-corrected chi connectivity index (χ4v) is 2.11. The van der Waals surface area contributed by atoms with Gasteiger partial charge in [-0.2, -0.15) is 0 Å². The van der Waals surface area contributed by atoms with E-state index < -0.39 is 6.04 Å². The zero-order chi connectivity index (χ0) is 14.4. The van der Waals surface area contributed by atoms with Crippen molar-refractivity contribution in [2.75, 3.05) is 0 Å². The molecule has 0 aliphatic rings. The summed E-state index contributed by atoms with van der Waals surface area (Å²) in [6, 6.07) is 19.1. The molecule has 0 saturated heterocycles. The second-order valence-corrected chi connectivity index (χ2v) is 4.94. The van der Waals surface area contributed by atoms with Crippen molar-refractivity contribution in [2.45, 2.75) is 25.4 Å². The Morgan fingerprint density at radius 1 is 1.05 bits per heavy atom. The van der Waals surface area contributed by atoms with Crippen LogP contribution in [-0.2, 0) is 11.2 Å². The van der Waals surface area contributed by atoms with Crippen LogP contribution >= 0.6 is 0 Å². The maximum atomic E-state index is 12.1. The zero-order valence-corrected chi connectivity index (χ0v) is 11.6. The third-order valence-corrected chi connectivity index (χ3v) is 3.29. The van der Waals surface area contributed by atoms with Gasteiger partial charge in [-0.3, -0.25) is 4.79 Å². The highest BCUT2D eigenvalue weighted by molar-refractivity contribution is 5.82. The molecule has 3 nitrogen and oxygen atoms in total. The van der Waals surface area contributed by atoms with Crippen molar-refractivity contribution in [3.05, 3.63) is 71.8 Å². The molecule has 3 heteroatoms. The highest BCUT2D eigenvalue weighted by Gasteiger charge is 2.16. The zero-order valence-electron chi connectivity index (χ0n) is 11.6. The van der Waals surface area contributed by atoms with E-state index in [1.54, 1.807) is 0 Å². The van der Waals surface area contributed by atoms with Gasteiger partial charge >= 0.3 is 0 Å². The molecule has 3 N–H and O–H groups in total. The first-order chi connectivity index (χ1) is 9.66. The number of benzene rings is 2. The van der Waals surface area contributed by atoms with E-state index in [9.17, 15) is 4.79 Å². The number of rotatable bonds is 5. The molecule has 0 unspecified atom stereocenters. The molecular formula is C17H20N2O. The first-order valence-corrected chi connectivity index (χ1v) is 6.81. The molecular weight excluding hydrogens is 248 g/mol. The molecule has 0 saturated carbocycles. The summed E-state index contributed by atoms with van der Waals surface area (Å²) in [4.78, 5) is 12.1. The van der Waals surface area contributed by atoms with Gasteiger partial charge in [0.25, 0.3) is 0 Å². The Labute approximate surface area is 119 Å². The number of nitrogens with one attached hydrogen (secondary N) is 1. The maximum absolute atomic E-state index is 12.1. The fourth-order valence-electron chi connectivity index (χ4n) is 2.11. The minimum Gasteiger partial charge on any atom is -0.348 e. The molecule has 1 amide bonds. The molecule has 0 bridgehead atoms. The number of amides is 1. The largest absolute Gasteiger partial charge is 0.348 e. The van der Waals surface area contributed by atoms with Crippen LogP contribution in [0, 0.1) is 0 Å². The van der Waals surface area contributed by atoms with Crippen LogP contribution in [-0.4, -0.2) is 11.9 Å². The maximum Gasteiger partial charge on any atom is 0.237 e. The van der Waals surface area contributed by atoms with E-state index in [0.717, 1.165) is 11.1 Å². The van der Waals surface area contributed by atoms with Crippen LogP contribution in [0.25, 0.3) is 0 Å². The standard InChI is InChI=1S/C17H20N2O/c1-13(15-10-6-3-7-11-15)19-17(20)16(18)12-14-8-4-2-5-9-14/h2-11,13,16H,12,18H2,1H3,(H,19,20)/t13-,16-/m0/s1. The van der Waals surface area contributed by atoms with Gasteiger partial charge in [-0.1, -0.05) is 60.7 Å². The second kappa shape index (κ2) is 6.87. The van der Waals surface area contributed by atoms with Crippen molar-refractivity contribution >= 4 is 5.91 Å². The van der Waals surface area contributed by atoms with Gasteiger partial charge in [0.15, 0.2) is 0 Å². The minimum atomic E-state index is -0.524. The van der Waals surface area contributed by atoms with E-state index in [1.807, 2.05) is 67.6 Å². The molecule has 0 aliphatic carbocycles. The number of hydrogen-bond donors (Lipinski definition) is 2. The van der Waals surface area contributed by atoms with Crippen molar-refractivity contribution in [3.8, 4) is 0 Å². The molecule has 2 aromatic carbocycles. The molecule has 0 aromatic heterocycles. The summed E-state index contributed by atoms with van der Waals surface area (Å²) in [6.07, 6.45) is 0.550. The predicted molar refractivity (Wildman–Crippen MR) is 81.1 cm³/mol. The van der Waals surface area contributed by atoms with Crippen LogP contribution in [0.5, 0.6) is 0 Å². The smallest absolute Gasteiger partial charge is 0.237 e. The quantitative estimate of drug-likeness (QED) is 0.875. The molecule has 0 aliphatic heterocycles. The van der Waals surface area contributed by atoms with E-state index in [0.29, 0.717) is 6.42 Å². The lowest BCUT2D eigenvalue weighted by Gasteiger charge is -2.18. The van der Waals surface area contributed by atoms with Crippen molar-refractivity contribution in [2.24, 2.45) is 5.73 Å². The lowest BCUT2D eigenvalue weighted by Crippen LogP contribution is -2.42. The summed E-state index contributed by atoms with van der Waals surface area (Å²) in [6.45, 7) is 1.96. The molecule has 2 rings (SSSR count). The second-order valence-electron chi connectivity index (χ2n) is 4.94. The third kappa shape index (κ3) is 3.93. The summed E-state index contributed by atoms with van der Waals surface area (Å²) in [5.74, 6) is -0.120. The van der Waals surface area contributed by atoms with Gasteiger partial charge in [0.2, 0.25) is 5.91 Å². The number of carbonyl (C=O) groups excluding carboxylic acids is 1. The van der Waals surface area contributed by atoms with Crippen LogP contribution in [0.1, 0.15) is 24.1 Å². The highest BCUT2D eigenvalue weighted by atomic mass is 16.2. The molecule has 0 spiro atoms. The topological polar surface area (TPSA) is 55.1 Å². The Morgan fingerprint density at radius 3 is 2.20 bits per heavy atom. The SMILES string of the molecule is C[C@H](NC(=O)[C@@H](N)Cc1ccccc1)c1ccccc1. The predicted octanol–water partition coefficient (Wildman–Crippen LogP) is 2.43. The first-order valence-electron chi connectivity index (χ1n) is 6.81. The van der Waals surface area contributed by atoms with E-state index in [2.05, 4.69) is 5.32 Å². The van der Waals surface area contributed by atoms with Gasteiger partial charge in [-0.25, -0.2) is 0 Å². The number of nitrogens with two attached hydrogens (primary N) is 1. The average Bonchev–Trinajstić information content (AvgIpc) is 2.49. The Kier molecular flexibility index (Phi) is 4.91. The van der Waals surface area contributed by atoms with Crippen molar-refractivity contribution in [1.29, 1.82) is 0 Å². The van der Waals surface area contributed by atoms with Crippen molar-refractivity contribution < 1.29 is 4.79 Å². The van der Waals surface area contributed by atoms with Crippen molar-refractivity contribution in [3.63, 3.8) is 0 Å². The van der Waals surface area contributed by atoms with E-state index in [4.69, 9.17) is 5.73 Å². The van der Waals surface area contributed by atoms with Crippen LogP contribution in [0.2, 0.25) is 0 Å². The van der Waals surface area contributed by atoms with Gasteiger partial charge < -0.3 is 11.1 Å². The van der Waals surface area contributed by atoms with Crippen LogP contribution in [0.3, 0.4) is 0 Å². The normalized spacial score (nSPS) is 13.5. The number of hydrogen-bond acceptors (Lipinski definition) is 2. The Bertz CT molecular complexity index is 539. The molecule has 0 fully saturated rings. The summed E-state index contributed by atoms with van der Waals surface area (Å²) >= 11 is 0. The van der Waals surface area contributed by atoms with Gasteiger partial charge in [0, 0.05) is 0 Å². The molecule has 2 aromatic rings. The molecule has 2 atom stereocenters. The minimum absolute atomic E-state index is 0.0366. The van der Waals surface area contributed by atoms with E-state index >= 15 is 0 Å². The van der Waals surface area contributed by atoms with E-state index in [1.165, 1.54) is 0 Å². The van der Waals surface area contributed by atoms with Gasteiger partial charge in [0.1, 0.15) is 0 Å². The lowest BCUT2D eigenvalue weighted by molar-refractivity contribution is -0.123. The summed E-state index contributed by atoms with van der Waals surface area (Å²) in [5, 5.41) is 2.95. The first kappa shape index (κ1) is 14.3. The average molecular weight is 268 g/mol.